The number of hydrogen-bond donors (Lipinski definition) is 4. The Morgan fingerprint density at radius 3 is 2.91 bits per heavy atom. The van der Waals surface area contributed by atoms with Crippen molar-refractivity contribution in [2.75, 3.05) is 12.3 Å². The molecular weight excluding hydrogens is 292 g/mol. The number of rotatable bonds is 3. The number of aliphatic hydroxyl groups excluding tert-OH is 2. The zero-order chi connectivity index (χ0) is 15.9. The van der Waals surface area contributed by atoms with Gasteiger partial charge in [-0.3, -0.25) is 9.36 Å². The van der Waals surface area contributed by atoms with E-state index in [1.807, 2.05) is 0 Å². The molecule has 0 radical (unpaired) electrons. The third kappa shape index (κ3) is 2.17. The molecule has 1 amide bonds. The molecule has 1 fully saturated rings. The summed E-state index contributed by atoms with van der Waals surface area (Å²) in [5, 5.41) is 22.7. The van der Waals surface area contributed by atoms with Gasteiger partial charge in [-0.25, -0.2) is 15.0 Å². The van der Waals surface area contributed by atoms with Crippen LogP contribution >= 0.6 is 0 Å². The number of nitrogens with two attached hydrogens (primary N) is 1. The number of nitrogens with zero attached hydrogens (tertiary/aromatic N) is 4. The molecule has 4 atom stereocenters. The summed E-state index contributed by atoms with van der Waals surface area (Å²) < 4.78 is 6.92. The molecule has 5 N–H and O–H groups in total. The smallest absolute Gasteiger partial charge is 0.252 e. The molecule has 0 saturated carbocycles. The van der Waals surface area contributed by atoms with Crippen LogP contribution in [-0.2, 0) is 9.53 Å². The van der Waals surface area contributed by atoms with Gasteiger partial charge >= 0.3 is 0 Å². The summed E-state index contributed by atoms with van der Waals surface area (Å²) in [6, 6.07) is 0. The number of hydrogen-bond acceptors (Lipinski definition) is 8. The number of imidazole rings is 1. The molecule has 1 aliphatic rings. The summed E-state index contributed by atoms with van der Waals surface area (Å²) in [5.41, 5.74) is 6.40. The number of carbonyl (C=O) groups excluding carboxylic acids is 1. The fourth-order valence-electron chi connectivity index (χ4n) is 2.44. The lowest BCUT2D eigenvalue weighted by Gasteiger charge is -2.16. The van der Waals surface area contributed by atoms with Crippen molar-refractivity contribution in [3.8, 4) is 0 Å². The molecule has 0 bridgehead atoms. The van der Waals surface area contributed by atoms with Crippen LogP contribution in [0.5, 0.6) is 0 Å². The highest BCUT2D eigenvalue weighted by Crippen LogP contribution is 2.31. The van der Waals surface area contributed by atoms with Gasteiger partial charge in [-0.15, -0.1) is 0 Å². The van der Waals surface area contributed by atoms with E-state index >= 15 is 0 Å². The minimum absolute atomic E-state index is 0.192. The van der Waals surface area contributed by atoms with Crippen LogP contribution in [-0.4, -0.2) is 60.5 Å². The number of aromatic nitrogens is 4. The Bertz CT molecular complexity index is 704. The van der Waals surface area contributed by atoms with Gasteiger partial charge in [-0.1, -0.05) is 0 Å². The zero-order valence-electron chi connectivity index (χ0n) is 11.7. The summed E-state index contributed by atoms with van der Waals surface area (Å²) in [6.45, 7) is 2.14. The lowest BCUT2D eigenvalue weighted by atomic mass is 10.1. The van der Waals surface area contributed by atoms with Gasteiger partial charge in [0.15, 0.2) is 23.8 Å². The molecule has 0 spiro atoms. The molecule has 1 saturated heterocycles. The average Bonchev–Trinajstić information content (AvgIpc) is 3.03. The van der Waals surface area contributed by atoms with Crippen LogP contribution in [0, 0.1) is 0 Å². The first kappa shape index (κ1) is 14.6. The molecule has 2 aromatic heterocycles. The standard InChI is InChI=1S/C12H16N6O4/c1-2-14-11(21)8-6(19)7(20)12(22-8)18-4-17-5-9(13)15-3-16-10(5)18/h3-4,6-8,12,19-20H,2H2,1H3,(H,14,21)(H2,13,15,16)/t6-,7+,8-,12-/m0/s1. The number of likely N-dealkylation sites (N-methyl/N-ethyl adjacent to an activating group) is 1. The van der Waals surface area contributed by atoms with Crippen molar-refractivity contribution in [3.05, 3.63) is 12.7 Å². The third-order valence-corrected chi connectivity index (χ3v) is 3.51. The highest BCUT2D eigenvalue weighted by atomic mass is 16.6. The highest BCUT2D eigenvalue weighted by molar-refractivity contribution is 5.82. The Balaban J connectivity index is 1.94. The Morgan fingerprint density at radius 2 is 2.18 bits per heavy atom. The molecule has 3 rings (SSSR count). The summed E-state index contributed by atoms with van der Waals surface area (Å²) in [5.74, 6) is -0.299. The fourth-order valence-corrected chi connectivity index (χ4v) is 2.44. The first-order valence-electron chi connectivity index (χ1n) is 6.77. The molecule has 0 aromatic carbocycles. The van der Waals surface area contributed by atoms with E-state index in [0.29, 0.717) is 17.7 Å². The Hall–Kier alpha value is -2.30. The maximum Gasteiger partial charge on any atom is 0.252 e. The summed E-state index contributed by atoms with van der Waals surface area (Å²) >= 11 is 0. The molecule has 118 valence electrons. The van der Waals surface area contributed by atoms with Crippen molar-refractivity contribution in [1.29, 1.82) is 0 Å². The molecule has 10 nitrogen and oxygen atoms in total. The summed E-state index contributed by atoms with van der Waals surface area (Å²) in [4.78, 5) is 23.8. The van der Waals surface area contributed by atoms with Gasteiger partial charge in [-0.2, -0.15) is 0 Å². The minimum Gasteiger partial charge on any atom is -0.387 e. The SMILES string of the molecule is CCNC(=O)[C@H]1O[C@H](n2cnc3c(N)ncnc32)[C@H](O)[C@@H]1O. The van der Waals surface area contributed by atoms with E-state index in [-0.39, 0.29) is 5.82 Å². The summed E-state index contributed by atoms with van der Waals surface area (Å²) in [7, 11) is 0. The number of amides is 1. The van der Waals surface area contributed by atoms with E-state index in [4.69, 9.17) is 10.5 Å². The largest absolute Gasteiger partial charge is 0.387 e. The summed E-state index contributed by atoms with van der Waals surface area (Å²) in [6.07, 6.45) is -2.20. The molecule has 10 heteroatoms. The topological polar surface area (TPSA) is 148 Å². The van der Waals surface area contributed by atoms with E-state index in [2.05, 4.69) is 20.3 Å². The van der Waals surface area contributed by atoms with Crippen molar-refractivity contribution < 1.29 is 19.7 Å². The fraction of sp³-hybridized carbons (Fsp3) is 0.500. The first-order chi connectivity index (χ1) is 10.5. The maximum atomic E-state index is 11.9. The van der Waals surface area contributed by atoms with Gasteiger partial charge in [0.25, 0.3) is 5.91 Å². The van der Waals surface area contributed by atoms with Gasteiger partial charge in [0.2, 0.25) is 0 Å². The van der Waals surface area contributed by atoms with E-state index in [1.54, 1.807) is 6.92 Å². The van der Waals surface area contributed by atoms with E-state index < -0.39 is 30.4 Å². The van der Waals surface area contributed by atoms with Crippen molar-refractivity contribution in [1.82, 2.24) is 24.8 Å². The molecular formula is C12H16N6O4. The van der Waals surface area contributed by atoms with Crippen LogP contribution in [0.25, 0.3) is 11.2 Å². The predicted octanol–water partition coefficient (Wildman–Crippen LogP) is -1.84. The number of anilines is 1. The zero-order valence-corrected chi connectivity index (χ0v) is 11.7. The lowest BCUT2D eigenvalue weighted by molar-refractivity contribution is -0.137. The van der Waals surface area contributed by atoms with E-state index in [1.165, 1.54) is 17.2 Å². The molecule has 0 aliphatic carbocycles. The number of aliphatic hydroxyl groups is 2. The van der Waals surface area contributed by atoms with Gasteiger partial charge in [0.05, 0.1) is 6.33 Å². The molecule has 22 heavy (non-hydrogen) atoms. The van der Waals surface area contributed by atoms with Gasteiger partial charge in [0, 0.05) is 6.54 Å². The third-order valence-electron chi connectivity index (χ3n) is 3.51. The van der Waals surface area contributed by atoms with Crippen molar-refractivity contribution in [2.24, 2.45) is 0 Å². The number of nitrogen functional groups attached to an aromatic ring is 1. The van der Waals surface area contributed by atoms with E-state index in [9.17, 15) is 15.0 Å². The van der Waals surface area contributed by atoms with Crippen molar-refractivity contribution >= 4 is 22.9 Å². The second-order valence-corrected chi connectivity index (χ2v) is 4.91. The predicted molar refractivity (Wildman–Crippen MR) is 74.3 cm³/mol. The van der Waals surface area contributed by atoms with Crippen LogP contribution in [0.4, 0.5) is 5.82 Å². The van der Waals surface area contributed by atoms with Crippen LogP contribution < -0.4 is 11.1 Å². The van der Waals surface area contributed by atoms with E-state index in [0.717, 1.165) is 0 Å². The Morgan fingerprint density at radius 1 is 1.41 bits per heavy atom. The van der Waals surface area contributed by atoms with Crippen molar-refractivity contribution in [2.45, 2.75) is 31.5 Å². The van der Waals surface area contributed by atoms with Crippen LogP contribution in [0.3, 0.4) is 0 Å². The lowest BCUT2D eigenvalue weighted by Crippen LogP contribution is -2.42. The molecule has 2 aromatic rings. The Kier molecular flexibility index (Phi) is 3.64. The molecule has 3 heterocycles. The second-order valence-electron chi connectivity index (χ2n) is 4.91. The van der Waals surface area contributed by atoms with Gasteiger partial charge < -0.3 is 26.0 Å². The second kappa shape index (κ2) is 5.48. The normalized spacial score (nSPS) is 28.1. The minimum atomic E-state index is -1.35. The maximum absolute atomic E-state index is 11.9. The number of ether oxygens (including phenoxy) is 1. The first-order valence-corrected chi connectivity index (χ1v) is 6.77. The number of carbonyl (C=O) groups is 1. The monoisotopic (exact) mass is 308 g/mol. The molecule has 0 unspecified atom stereocenters. The average molecular weight is 308 g/mol. The van der Waals surface area contributed by atoms with Crippen LogP contribution in [0.15, 0.2) is 12.7 Å². The van der Waals surface area contributed by atoms with Crippen LogP contribution in [0.2, 0.25) is 0 Å². The molecule has 1 aliphatic heterocycles. The van der Waals surface area contributed by atoms with Gasteiger partial charge in [-0.05, 0) is 6.92 Å². The van der Waals surface area contributed by atoms with Crippen LogP contribution in [0.1, 0.15) is 13.2 Å². The quantitative estimate of drug-likeness (QED) is 0.517. The highest BCUT2D eigenvalue weighted by Gasteiger charge is 2.47. The van der Waals surface area contributed by atoms with Gasteiger partial charge in [0.1, 0.15) is 24.1 Å². The van der Waals surface area contributed by atoms with Crippen molar-refractivity contribution in [3.63, 3.8) is 0 Å². The Labute approximate surface area is 124 Å². The number of fused-ring (bicyclic) bond motifs is 1. The number of nitrogens with one attached hydrogen (secondary N) is 1.